The predicted octanol–water partition coefficient (Wildman–Crippen LogP) is 1.76. The molecule has 0 saturated carbocycles. The quantitative estimate of drug-likeness (QED) is 0.852. The van der Waals surface area contributed by atoms with Gasteiger partial charge in [0.1, 0.15) is 0 Å². The van der Waals surface area contributed by atoms with Crippen LogP contribution in [-0.4, -0.2) is 34.7 Å². The molecule has 3 rings (SSSR count). The van der Waals surface area contributed by atoms with Crippen molar-refractivity contribution in [1.29, 1.82) is 0 Å². The molecule has 0 aliphatic carbocycles. The average molecular weight is 239 g/mol. The SMILES string of the molecule is C1CNCC(c2nc(C3CCSC3)no2)C1. The number of aromatic nitrogens is 2. The van der Waals surface area contributed by atoms with E-state index < -0.39 is 0 Å². The highest BCUT2D eigenvalue weighted by molar-refractivity contribution is 7.99. The Balaban J connectivity index is 1.71. The molecule has 2 unspecified atom stereocenters. The molecule has 1 aromatic heterocycles. The number of piperidine rings is 1. The van der Waals surface area contributed by atoms with Crippen LogP contribution in [0.2, 0.25) is 0 Å². The van der Waals surface area contributed by atoms with Crippen LogP contribution in [0.3, 0.4) is 0 Å². The summed E-state index contributed by atoms with van der Waals surface area (Å²) in [6, 6.07) is 0. The lowest BCUT2D eigenvalue weighted by molar-refractivity contribution is 0.319. The summed E-state index contributed by atoms with van der Waals surface area (Å²) in [5.74, 6) is 5.13. The van der Waals surface area contributed by atoms with Gasteiger partial charge in [0.2, 0.25) is 5.89 Å². The van der Waals surface area contributed by atoms with Gasteiger partial charge in [-0.2, -0.15) is 16.7 Å². The highest BCUT2D eigenvalue weighted by Crippen LogP contribution is 2.31. The lowest BCUT2D eigenvalue weighted by atomic mass is 10.00. The Morgan fingerprint density at radius 3 is 3.06 bits per heavy atom. The summed E-state index contributed by atoms with van der Waals surface area (Å²) >= 11 is 1.99. The van der Waals surface area contributed by atoms with Crippen LogP contribution in [0.1, 0.15) is 42.8 Å². The molecule has 0 radical (unpaired) electrons. The lowest BCUT2D eigenvalue weighted by Crippen LogP contribution is -2.28. The molecule has 5 heteroatoms. The maximum Gasteiger partial charge on any atom is 0.231 e. The number of nitrogens with one attached hydrogen (secondary N) is 1. The van der Waals surface area contributed by atoms with E-state index >= 15 is 0 Å². The number of rotatable bonds is 2. The molecule has 2 fully saturated rings. The van der Waals surface area contributed by atoms with E-state index in [9.17, 15) is 0 Å². The molecular formula is C11H17N3OS. The molecule has 16 heavy (non-hydrogen) atoms. The van der Waals surface area contributed by atoms with Crippen LogP contribution in [-0.2, 0) is 0 Å². The van der Waals surface area contributed by atoms with Crippen molar-refractivity contribution in [3.8, 4) is 0 Å². The third kappa shape index (κ3) is 2.11. The molecule has 2 aliphatic heterocycles. The summed E-state index contributed by atoms with van der Waals surface area (Å²) in [4.78, 5) is 4.58. The Kier molecular flexibility index (Phi) is 3.15. The Hall–Kier alpha value is -0.550. The second-order valence-corrected chi connectivity index (χ2v) is 5.74. The highest BCUT2D eigenvalue weighted by Gasteiger charge is 2.26. The van der Waals surface area contributed by atoms with Crippen molar-refractivity contribution in [1.82, 2.24) is 15.5 Å². The zero-order valence-electron chi connectivity index (χ0n) is 9.32. The van der Waals surface area contributed by atoms with Gasteiger partial charge in [0.25, 0.3) is 0 Å². The Morgan fingerprint density at radius 1 is 1.31 bits per heavy atom. The van der Waals surface area contributed by atoms with Gasteiger partial charge >= 0.3 is 0 Å². The van der Waals surface area contributed by atoms with Crippen LogP contribution in [0.5, 0.6) is 0 Å². The fourth-order valence-corrected chi connectivity index (χ4v) is 3.60. The topological polar surface area (TPSA) is 51.0 Å². The standard InChI is InChI=1S/C11H17N3OS/c1-2-8(6-12-4-1)11-13-10(14-15-11)9-3-5-16-7-9/h8-9,12H,1-7H2. The number of hydrogen-bond donors (Lipinski definition) is 1. The zero-order valence-corrected chi connectivity index (χ0v) is 10.1. The Labute approximate surface area is 99.6 Å². The molecule has 3 heterocycles. The zero-order chi connectivity index (χ0) is 10.8. The van der Waals surface area contributed by atoms with Gasteiger partial charge < -0.3 is 9.84 Å². The van der Waals surface area contributed by atoms with Crippen molar-refractivity contribution in [2.45, 2.75) is 31.1 Å². The summed E-state index contributed by atoms with van der Waals surface area (Å²) < 4.78 is 5.41. The van der Waals surface area contributed by atoms with Crippen LogP contribution in [0, 0.1) is 0 Å². The van der Waals surface area contributed by atoms with Crippen molar-refractivity contribution in [3.05, 3.63) is 11.7 Å². The number of thioether (sulfide) groups is 1. The van der Waals surface area contributed by atoms with E-state index in [-0.39, 0.29) is 0 Å². The van der Waals surface area contributed by atoms with E-state index in [2.05, 4.69) is 15.5 Å². The summed E-state index contributed by atoms with van der Waals surface area (Å²) in [5, 5.41) is 7.53. The van der Waals surface area contributed by atoms with Crippen LogP contribution < -0.4 is 5.32 Å². The van der Waals surface area contributed by atoms with Gasteiger partial charge in [0, 0.05) is 18.2 Å². The molecule has 0 amide bonds. The van der Waals surface area contributed by atoms with Crippen LogP contribution >= 0.6 is 11.8 Å². The molecular weight excluding hydrogens is 222 g/mol. The van der Waals surface area contributed by atoms with Gasteiger partial charge in [-0.25, -0.2) is 0 Å². The maximum absolute atomic E-state index is 5.41. The summed E-state index contributed by atoms with van der Waals surface area (Å²) in [6.45, 7) is 2.11. The minimum Gasteiger partial charge on any atom is -0.339 e. The maximum atomic E-state index is 5.41. The van der Waals surface area contributed by atoms with Gasteiger partial charge in [-0.3, -0.25) is 0 Å². The molecule has 0 spiro atoms. The van der Waals surface area contributed by atoms with Gasteiger partial charge in [-0.15, -0.1) is 0 Å². The summed E-state index contributed by atoms with van der Waals surface area (Å²) in [6.07, 6.45) is 3.59. The Bertz CT molecular complexity index is 343. The second kappa shape index (κ2) is 4.75. The normalized spacial score (nSPS) is 30.8. The third-order valence-corrected chi connectivity index (χ3v) is 4.56. The largest absolute Gasteiger partial charge is 0.339 e. The van der Waals surface area contributed by atoms with Gasteiger partial charge in [-0.1, -0.05) is 5.16 Å². The van der Waals surface area contributed by atoms with E-state index in [0.717, 1.165) is 30.6 Å². The van der Waals surface area contributed by atoms with Crippen molar-refractivity contribution in [3.63, 3.8) is 0 Å². The average Bonchev–Trinajstić information content (AvgIpc) is 3.01. The van der Waals surface area contributed by atoms with E-state index in [0.29, 0.717) is 11.8 Å². The molecule has 2 aliphatic rings. The molecule has 4 nitrogen and oxygen atoms in total. The second-order valence-electron chi connectivity index (χ2n) is 4.59. The Morgan fingerprint density at radius 2 is 2.31 bits per heavy atom. The first-order valence-electron chi connectivity index (χ1n) is 6.05. The molecule has 1 aromatic rings. The van der Waals surface area contributed by atoms with Crippen LogP contribution in [0.4, 0.5) is 0 Å². The predicted molar refractivity (Wildman–Crippen MR) is 63.8 cm³/mol. The minimum atomic E-state index is 0.434. The monoisotopic (exact) mass is 239 g/mol. The number of nitrogens with zero attached hydrogens (tertiary/aromatic N) is 2. The smallest absolute Gasteiger partial charge is 0.231 e. The van der Waals surface area contributed by atoms with Crippen LogP contribution in [0.15, 0.2) is 4.52 Å². The first-order chi connectivity index (χ1) is 7.93. The van der Waals surface area contributed by atoms with Crippen molar-refractivity contribution >= 4 is 11.8 Å². The molecule has 0 aromatic carbocycles. The molecule has 2 saturated heterocycles. The van der Waals surface area contributed by atoms with Crippen molar-refractivity contribution in [2.24, 2.45) is 0 Å². The van der Waals surface area contributed by atoms with E-state index in [1.165, 1.54) is 25.0 Å². The van der Waals surface area contributed by atoms with Crippen molar-refractivity contribution in [2.75, 3.05) is 24.6 Å². The first-order valence-corrected chi connectivity index (χ1v) is 7.21. The van der Waals surface area contributed by atoms with Gasteiger partial charge in [-0.05, 0) is 31.6 Å². The number of hydrogen-bond acceptors (Lipinski definition) is 5. The van der Waals surface area contributed by atoms with Crippen molar-refractivity contribution < 1.29 is 4.52 Å². The molecule has 1 N–H and O–H groups in total. The van der Waals surface area contributed by atoms with E-state index in [4.69, 9.17) is 4.52 Å². The fourth-order valence-electron chi connectivity index (χ4n) is 2.38. The van der Waals surface area contributed by atoms with Crippen LogP contribution in [0.25, 0.3) is 0 Å². The van der Waals surface area contributed by atoms with E-state index in [1.54, 1.807) is 0 Å². The third-order valence-electron chi connectivity index (χ3n) is 3.40. The summed E-state index contributed by atoms with van der Waals surface area (Å²) in [7, 11) is 0. The molecule has 2 atom stereocenters. The fraction of sp³-hybridized carbons (Fsp3) is 0.818. The van der Waals surface area contributed by atoms with Gasteiger partial charge in [0.15, 0.2) is 5.82 Å². The first kappa shape index (κ1) is 10.6. The molecule has 88 valence electrons. The lowest BCUT2D eigenvalue weighted by Gasteiger charge is -2.18. The van der Waals surface area contributed by atoms with Gasteiger partial charge in [0.05, 0.1) is 5.92 Å². The molecule has 0 bridgehead atoms. The highest BCUT2D eigenvalue weighted by atomic mass is 32.2. The minimum absolute atomic E-state index is 0.434. The summed E-state index contributed by atoms with van der Waals surface area (Å²) in [5.41, 5.74) is 0. The van der Waals surface area contributed by atoms with E-state index in [1.807, 2.05) is 11.8 Å².